The fourth-order valence-corrected chi connectivity index (χ4v) is 3.87. The van der Waals surface area contributed by atoms with Crippen LogP contribution in [0, 0.1) is 0 Å². The average molecular weight is 475 g/mol. The molecule has 3 aromatic rings. The summed E-state index contributed by atoms with van der Waals surface area (Å²) in [4.78, 5) is 26.8. The van der Waals surface area contributed by atoms with Crippen molar-refractivity contribution in [1.82, 2.24) is 4.90 Å². The Bertz CT molecular complexity index is 1100. The van der Waals surface area contributed by atoms with Gasteiger partial charge in [-0.1, -0.05) is 54.6 Å². The summed E-state index contributed by atoms with van der Waals surface area (Å²) >= 11 is 0. The number of carbonyl (C=O) groups is 2. The molecule has 35 heavy (non-hydrogen) atoms. The number of benzene rings is 3. The van der Waals surface area contributed by atoms with Crippen LogP contribution in [0.5, 0.6) is 11.5 Å². The lowest BCUT2D eigenvalue weighted by Gasteiger charge is -2.30. The molecule has 3 rings (SSSR count). The van der Waals surface area contributed by atoms with Gasteiger partial charge in [-0.15, -0.1) is 0 Å². The monoisotopic (exact) mass is 474 g/mol. The second kappa shape index (κ2) is 13.2. The molecule has 6 heteroatoms. The fraction of sp³-hybridized carbons (Fsp3) is 0.310. The third kappa shape index (κ3) is 7.88. The maximum absolute atomic E-state index is 13.4. The number of nitrogens with one attached hydrogen (secondary N) is 1. The van der Waals surface area contributed by atoms with Gasteiger partial charge >= 0.3 is 0 Å². The molecule has 0 saturated carbocycles. The van der Waals surface area contributed by atoms with Crippen LogP contribution >= 0.6 is 0 Å². The van der Waals surface area contributed by atoms with Crippen molar-refractivity contribution >= 4 is 17.5 Å². The first-order valence-corrected chi connectivity index (χ1v) is 12.0. The number of para-hydroxylation sites is 2. The van der Waals surface area contributed by atoms with E-state index in [9.17, 15) is 9.59 Å². The smallest absolute Gasteiger partial charge is 0.223 e. The summed E-state index contributed by atoms with van der Waals surface area (Å²) in [6.45, 7) is 6.91. The van der Waals surface area contributed by atoms with Gasteiger partial charge < -0.3 is 19.7 Å². The number of carbonyl (C=O) groups excluding carboxylic acids is 2. The third-order valence-electron chi connectivity index (χ3n) is 5.61. The highest BCUT2D eigenvalue weighted by molar-refractivity contribution is 5.88. The van der Waals surface area contributed by atoms with Crippen molar-refractivity contribution in [2.24, 2.45) is 0 Å². The third-order valence-corrected chi connectivity index (χ3v) is 5.61. The molecular weight excluding hydrogens is 440 g/mol. The number of ether oxygens (including phenoxy) is 2. The molecule has 2 amide bonds. The van der Waals surface area contributed by atoms with Crippen LogP contribution in [0.2, 0.25) is 0 Å². The van der Waals surface area contributed by atoms with Crippen LogP contribution in [0.25, 0.3) is 0 Å². The van der Waals surface area contributed by atoms with Gasteiger partial charge in [-0.05, 0) is 55.7 Å². The number of hydrogen-bond donors (Lipinski definition) is 1. The van der Waals surface area contributed by atoms with Gasteiger partial charge in [-0.25, -0.2) is 0 Å². The van der Waals surface area contributed by atoms with Crippen LogP contribution in [0.4, 0.5) is 5.69 Å². The first-order chi connectivity index (χ1) is 17.0. The number of hydrogen-bond acceptors (Lipinski definition) is 4. The van der Waals surface area contributed by atoms with Gasteiger partial charge in [0, 0.05) is 25.6 Å². The van der Waals surface area contributed by atoms with E-state index in [1.165, 1.54) is 6.92 Å². The molecule has 0 radical (unpaired) electrons. The molecule has 6 nitrogen and oxygen atoms in total. The summed E-state index contributed by atoms with van der Waals surface area (Å²) in [6, 6.07) is 25.0. The summed E-state index contributed by atoms with van der Waals surface area (Å²) in [5.41, 5.74) is 2.74. The Morgan fingerprint density at radius 1 is 0.914 bits per heavy atom. The zero-order valence-corrected chi connectivity index (χ0v) is 20.7. The lowest BCUT2D eigenvalue weighted by molar-refractivity contribution is -0.134. The van der Waals surface area contributed by atoms with Crippen molar-refractivity contribution in [3.8, 4) is 11.5 Å². The van der Waals surface area contributed by atoms with Crippen molar-refractivity contribution in [3.63, 3.8) is 0 Å². The molecule has 1 N–H and O–H groups in total. The standard InChI is InChI=1S/C29H34N2O4/c1-4-34-27-16-8-9-17-28(27)35-19-11-18-29(33)31(21-24-12-6-5-7-13-24)22(2)25-14-10-15-26(20-25)30-23(3)32/h5-10,12-17,20,22H,4,11,18-19,21H2,1-3H3,(H,30,32)/t22-/m0/s1. The molecule has 0 aliphatic rings. The Labute approximate surface area is 207 Å². The minimum Gasteiger partial charge on any atom is -0.490 e. The van der Waals surface area contributed by atoms with Gasteiger partial charge in [0.25, 0.3) is 0 Å². The molecular formula is C29H34N2O4. The van der Waals surface area contributed by atoms with Gasteiger partial charge in [0.2, 0.25) is 11.8 Å². The Morgan fingerprint density at radius 3 is 2.29 bits per heavy atom. The predicted octanol–water partition coefficient (Wildman–Crippen LogP) is 5.99. The molecule has 0 aliphatic carbocycles. The summed E-state index contributed by atoms with van der Waals surface area (Å²) in [5.74, 6) is 1.32. The molecule has 0 saturated heterocycles. The molecule has 0 fully saturated rings. The second-order valence-corrected chi connectivity index (χ2v) is 8.32. The van der Waals surface area contributed by atoms with Gasteiger partial charge in [0.05, 0.1) is 19.3 Å². The topological polar surface area (TPSA) is 67.9 Å². The number of anilines is 1. The molecule has 184 valence electrons. The van der Waals surface area contributed by atoms with E-state index in [2.05, 4.69) is 5.32 Å². The first kappa shape index (κ1) is 25.8. The van der Waals surface area contributed by atoms with E-state index in [1.807, 2.05) is 97.6 Å². The minimum atomic E-state index is -0.170. The number of amides is 2. The molecule has 1 atom stereocenters. The molecule has 0 unspecified atom stereocenters. The minimum absolute atomic E-state index is 0.0491. The van der Waals surface area contributed by atoms with E-state index in [4.69, 9.17) is 9.47 Å². The van der Waals surface area contributed by atoms with E-state index in [0.29, 0.717) is 44.1 Å². The van der Waals surface area contributed by atoms with Crippen LogP contribution in [0.15, 0.2) is 78.9 Å². The summed E-state index contributed by atoms with van der Waals surface area (Å²) in [7, 11) is 0. The summed E-state index contributed by atoms with van der Waals surface area (Å²) in [5, 5.41) is 2.82. The fourth-order valence-electron chi connectivity index (χ4n) is 3.87. The molecule has 3 aromatic carbocycles. The van der Waals surface area contributed by atoms with E-state index >= 15 is 0 Å². The van der Waals surface area contributed by atoms with Gasteiger partial charge in [0.1, 0.15) is 0 Å². The molecule has 0 bridgehead atoms. The first-order valence-electron chi connectivity index (χ1n) is 12.0. The lowest BCUT2D eigenvalue weighted by atomic mass is 10.0. The Morgan fingerprint density at radius 2 is 1.60 bits per heavy atom. The number of nitrogens with zero attached hydrogens (tertiary/aromatic N) is 1. The van der Waals surface area contributed by atoms with Crippen LogP contribution in [-0.4, -0.2) is 29.9 Å². The maximum Gasteiger partial charge on any atom is 0.223 e. The number of rotatable bonds is 12. The second-order valence-electron chi connectivity index (χ2n) is 8.32. The maximum atomic E-state index is 13.4. The van der Waals surface area contributed by atoms with E-state index < -0.39 is 0 Å². The highest BCUT2D eigenvalue weighted by Crippen LogP contribution is 2.28. The van der Waals surface area contributed by atoms with Crippen molar-refractivity contribution in [3.05, 3.63) is 90.0 Å². The largest absolute Gasteiger partial charge is 0.490 e. The molecule has 0 spiro atoms. The summed E-state index contributed by atoms with van der Waals surface area (Å²) in [6.07, 6.45) is 0.947. The quantitative estimate of drug-likeness (QED) is 0.327. The van der Waals surface area contributed by atoms with Crippen molar-refractivity contribution in [1.29, 1.82) is 0 Å². The zero-order valence-electron chi connectivity index (χ0n) is 20.7. The Kier molecular flexibility index (Phi) is 9.72. The van der Waals surface area contributed by atoms with Crippen LogP contribution in [0.3, 0.4) is 0 Å². The zero-order chi connectivity index (χ0) is 25.0. The van der Waals surface area contributed by atoms with E-state index in [0.717, 1.165) is 16.8 Å². The van der Waals surface area contributed by atoms with Gasteiger partial charge in [0.15, 0.2) is 11.5 Å². The molecule has 0 aliphatic heterocycles. The molecule has 0 aromatic heterocycles. The van der Waals surface area contributed by atoms with Crippen molar-refractivity contribution < 1.29 is 19.1 Å². The van der Waals surface area contributed by atoms with Crippen molar-refractivity contribution in [2.75, 3.05) is 18.5 Å². The van der Waals surface area contributed by atoms with Gasteiger partial charge in [-0.2, -0.15) is 0 Å². The summed E-state index contributed by atoms with van der Waals surface area (Å²) < 4.78 is 11.5. The van der Waals surface area contributed by atoms with Gasteiger partial charge in [-0.3, -0.25) is 9.59 Å². The Balaban J connectivity index is 1.68. The van der Waals surface area contributed by atoms with Crippen LogP contribution in [0.1, 0.15) is 50.8 Å². The highest BCUT2D eigenvalue weighted by atomic mass is 16.5. The van der Waals surface area contributed by atoms with E-state index in [-0.39, 0.29) is 17.9 Å². The Hall–Kier alpha value is -3.80. The van der Waals surface area contributed by atoms with E-state index in [1.54, 1.807) is 0 Å². The normalized spacial score (nSPS) is 11.4. The average Bonchev–Trinajstić information content (AvgIpc) is 2.86. The molecule has 0 heterocycles. The van der Waals surface area contributed by atoms with Crippen LogP contribution in [-0.2, 0) is 16.1 Å². The highest BCUT2D eigenvalue weighted by Gasteiger charge is 2.22. The predicted molar refractivity (Wildman–Crippen MR) is 138 cm³/mol. The SMILES string of the molecule is CCOc1ccccc1OCCCC(=O)N(Cc1ccccc1)[C@@H](C)c1cccc(NC(C)=O)c1. The van der Waals surface area contributed by atoms with Crippen LogP contribution < -0.4 is 14.8 Å². The lowest BCUT2D eigenvalue weighted by Crippen LogP contribution is -2.33. The van der Waals surface area contributed by atoms with Crippen molar-refractivity contribution in [2.45, 2.75) is 46.2 Å².